The van der Waals surface area contributed by atoms with E-state index < -0.39 is 11.9 Å². The van der Waals surface area contributed by atoms with Crippen molar-refractivity contribution in [1.82, 2.24) is 4.90 Å². The lowest BCUT2D eigenvalue weighted by atomic mass is 9.99. The predicted molar refractivity (Wildman–Crippen MR) is 80.1 cm³/mol. The molecular formula is C13H14BrClN2O3. The van der Waals surface area contributed by atoms with E-state index in [1.165, 1.54) is 4.90 Å². The first kappa shape index (κ1) is 15.1. The number of hydrogen-bond donors (Lipinski definition) is 2. The second-order valence-corrected chi connectivity index (χ2v) is 5.94. The van der Waals surface area contributed by atoms with E-state index in [1.54, 1.807) is 18.2 Å². The van der Waals surface area contributed by atoms with Crippen molar-refractivity contribution < 1.29 is 14.7 Å². The predicted octanol–water partition coefficient (Wildman–Crippen LogP) is 3.43. The molecule has 2 N–H and O–H groups in total. The molecule has 1 saturated heterocycles. The first-order valence-corrected chi connectivity index (χ1v) is 7.38. The Labute approximate surface area is 130 Å². The smallest absolute Gasteiger partial charge is 0.321 e. The Morgan fingerprint density at radius 3 is 2.85 bits per heavy atom. The number of carbonyl (C=O) groups excluding carboxylic acids is 1. The number of rotatable bonds is 2. The van der Waals surface area contributed by atoms with Crippen molar-refractivity contribution in [3.63, 3.8) is 0 Å². The van der Waals surface area contributed by atoms with Gasteiger partial charge in [0.1, 0.15) is 0 Å². The summed E-state index contributed by atoms with van der Waals surface area (Å²) in [6, 6.07) is 4.80. The number of halogens is 2. The third-order valence-electron chi connectivity index (χ3n) is 3.23. The van der Waals surface area contributed by atoms with Gasteiger partial charge in [0.25, 0.3) is 0 Å². The van der Waals surface area contributed by atoms with Gasteiger partial charge >= 0.3 is 12.0 Å². The van der Waals surface area contributed by atoms with Crippen LogP contribution in [0.25, 0.3) is 0 Å². The quantitative estimate of drug-likeness (QED) is 0.848. The average Bonchev–Trinajstić information content (AvgIpc) is 2.43. The molecule has 1 heterocycles. The fraction of sp³-hybridized carbons (Fsp3) is 0.385. The summed E-state index contributed by atoms with van der Waals surface area (Å²) in [7, 11) is 0. The van der Waals surface area contributed by atoms with E-state index >= 15 is 0 Å². The summed E-state index contributed by atoms with van der Waals surface area (Å²) in [5.41, 5.74) is 0.615. The highest BCUT2D eigenvalue weighted by atomic mass is 79.9. The SMILES string of the molecule is O=C(O)C1CCCN(C(=O)Nc2ccc(Cl)c(Br)c2)C1. The average molecular weight is 362 g/mol. The molecule has 0 radical (unpaired) electrons. The van der Waals surface area contributed by atoms with Gasteiger partial charge in [-0.15, -0.1) is 0 Å². The van der Waals surface area contributed by atoms with E-state index in [4.69, 9.17) is 16.7 Å². The van der Waals surface area contributed by atoms with Crippen LogP contribution in [0.2, 0.25) is 5.02 Å². The molecule has 2 rings (SSSR count). The van der Waals surface area contributed by atoms with Crippen LogP contribution < -0.4 is 5.32 Å². The molecule has 1 aliphatic heterocycles. The minimum absolute atomic E-state index is 0.246. The number of urea groups is 1. The molecule has 2 amide bonds. The molecule has 0 aliphatic carbocycles. The van der Waals surface area contributed by atoms with Gasteiger partial charge in [0, 0.05) is 23.2 Å². The van der Waals surface area contributed by atoms with Gasteiger partial charge in [-0.1, -0.05) is 11.6 Å². The molecule has 1 fully saturated rings. The maximum absolute atomic E-state index is 12.1. The van der Waals surface area contributed by atoms with Gasteiger partial charge in [-0.05, 0) is 47.0 Å². The highest BCUT2D eigenvalue weighted by molar-refractivity contribution is 9.10. The molecule has 1 unspecified atom stereocenters. The number of amides is 2. The Kier molecular flexibility index (Phi) is 4.88. The third kappa shape index (κ3) is 3.64. The maximum Gasteiger partial charge on any atom is 0.321 e. The van der Waals surface area contributed by atoms with E-state index in [2.05, 4.69) is 21.2 Å². The van der Waals surface area contributed by atoms with E-state index in [0.717, 1.165) is 0 Å². The number of likely N-dealkylation sites (tertiary alicyclic amines) is 1. The van der Waals surface area contributed by atoms with Crippen LogP contribution in [0.5, 0.6) is 0 Å². The monoisotopic (exact) mass is 360 g/mol. The highest BCUT2D eigenvalue weighted by Gasteiger charge is 2.28. The molecule has 1 aliphatic rings. The van der Waals surface area contributed by atoms with Crippen molar-refractivity contribution in [1.29, 1.82) is 0 Å². The molecule has 0 saturated carbocycles. The molecular weight excluding hydrogens is 348 g/mol. The van der Waals surface area contributed by atoms with Gasteiger partial charge in [-0.2, -0.15) is 0 Å². The maximum atomic E-state index is 12.1. The highest BCUT2D eigenvalue weighted by Crippen LogP contribution is 2.26. The first-order valence-electron chi connectivity index (χ1n) is 6.21. The number of piperidine rings is 1. The standard InChI is InChI=1S/C13H14BrClN2O3/c14-10-6-9(3-4-11(10)15)16-13(20)17-5-1-2-8(7-17)12(18)19/h3-4,6,8H,1-2,5,7H2,(H,16,20)(H,18,19). The molecule has 5 nitrogen and oxygen atoms in total. The lowest BCUT2D eigenvalue weighted by Gasteiger charge is -2.30. The van der Waals surface area contributed by atoms with Crippen LogP contribution in [0, 0.1) is 5.92 Å². The molecule has 7 heteroatoms. The zero-order valence-electron chi connectivity index (χ0n) is 10.6. The van der Waals surface area contributed by atoms with Gasteiger partial charge in [0.2, 0.25) is 0 Å². The molecule has 1 atom stereocenters. The summed E-state index contributed by atoms with van der Waals surface area (Å²) >= 11 is 9.17. The minimum atomic E-state index is -0.850. The Hall–Kier alpha value is -1.27. The summed E-state index contributed by atoms with van der Waals surface area (Å²) < 4.78 is 0.694. The van der Waals surface area contributed by atoms with Crippen molar-refractivity contribution in [3.05, 3.63) is 27.7 Å². The number of carboxylic acid groups (broad SMARTS) is 1. The van der Waals surface area contributed by atoms with Crippen molar-refractivity contribution >= 4 is 45.2 Å². The fourth-order valence-corrected chi connectivity index (χ4v) is 2.64. The number of anilines is 1. The Morgan fingerprint density at radius 2 is 2.20 bits per heavy atom. The van der Waals surface area contributed by atoms with Gasteiger partial charge < -0.3 is 15.3 Å². The topological polar surface area (TPSA) is 69.6 Å². The number of benzene rings is 1. The van der Waals surface area contributed by atoms with Crippen LogP contribution in [-0.2, 0) is 4.79 Å². The van der Waals surface area contributed by atoms with Crippen molar-refractivity contribution in [3.8, 4) is 0 Å². The first-order chi connectivity index (χ1) is 9.47. The van der Waals surface area contributed by atoms with E-state index in [9.17, 15) is 9.59 Å². The zero-order chi connectivity index (χ0) is 14.7. The minimum Gasteiger partial charge on any atom is -0.481 e. The van der Waals surface area contributed by atoms with Crippen LogP contribution in [0.4, 0.5) is 10.5 Å². The molecule has 20 heavy (non-hydrogen) atoms. The number of nitrogens with zero attached hydrogens (tertiary/aromatic N) is 1. The number of nitrogens with one attached hydrogen (secondary N) is 1. The third-order valence-corrected chi connectivity index (χ3v) is 4.44. The summed E-state index contributed by atoms with van der Waals surface area (Å²) in [5.74, 6) is -1.33. The van der Waals surface area contributed by atoms with Crippen LogP contribution in [0.15, 0.2) is 22.7 Å². The molecule has 1 aromatic rings. The van der Waals surface area contributed by atoms with E-state index in [1.807, 2.05) is 0 Å². The Morgan fingerprint density at radius 1 is 1.45 bits per heavy atom. The second kappa shape index (κ2) is 6.45. The van der Waals surface area contributed by atoms with Gasteiger partial charge in [0.05, 0.1) is 10.9 Å². The number of carboxylic acids is 1. The molecule has 1 aromatic carbocycles. The number of hydrogen-bond acceptors (Lipinski definition) is 2. The van der Waals surface area contributed by atoms with Crippen LogP contribution in [-0.4, -0.2) is 35.1 Å². The summed E-state index contributed by atoms with van der Waals surface area (Å²) in [6.07, 6.45) is 1.32. The number of carbonyl (C=O) groups is 2. The van der Waals surface area contributed by atoms with Crippen LogP contribution in [0.1, 0.15) is 12.8 Å². The van der Waals surface area contributed by atoms with Crippen LogP contribution >= 0.6 is 27.5 Å². The largest absolute Gasteiger partial charge is 0.481 e. The molecule has 0 aromatic heterocycles. The normalized spacial score (nSPS) is 18.7. The molecule has 0 bridgehead atoms. The van der Waals surface area contributed by atoms with Crippen molar-refractivity contribution in [2.24, 2.45) is 5.92 Å². The Balaban J connectivity index is 2.00. The molecule has 108 valence electrons. The summed E-state index contributed by atoms with van der Waals surface area (Å²) in [5, 5.41) is 12.3. The Bertz CT molecular complexity index is 538. The van der Waals surface area contributed by atoms with E-state index in [0.29, 0.717) is 34.6 Å². The summed E-state index contributed by atoms with van der Waals surface area (Å²) in [6.45, 7) is 0.820. The van der Waals surface area contributed by atoms with Crippen LogP contribution in [0.3, 0.4) is 0 Å². The lowest BCUT2D eigenvalue weighted by molar-refractivity contribution is -0.143. The van der Waals surface area contributed by atoms with Gasteiger partial charge in [-0.3, -0.25) is 4.79 Å². The van der Waals surface area contributed by atoms with Gasteiger partial charge in [0.15, 0.2) is 0 Å². The fourth-order valence-electron chi connectivity index (χ4n) is 2.14. The van der Waals surface area contributed by atoms with Gasteiger partial charge in [-0.25, -0.2) is 4.79 Å². The second-order valence-electron chi connectivity index (χ2n) is 4.68. The molecule has 0 spiro atoms. The zero-order valence-corrected chi connectivity index (χ0v) is 12.9. The van der Waals surface area contributed by atoms with E-state index in [-0.39, 0.29) is 12.6 Å². The van der Waals surface area contributed by atoms with Crippen molar-refractivity contribution in [2.45, 2.75) is 12.8 Å². The lowest BCUT2D eigenvalue weighted by Crippen LogP contribution is -2.44. The summed E-state index contributed by atoms with van der Waals surface area (Å²) in [4.78, 5) is 24.6. The van der Waals surface area contributed by atoms with Crippen molar-refractivity contribution in [2.75, 3.05) is 18.4 Å². The number of aliphatic carboxylic acids is 1.